The molecule has 1 aromatic rings. The molecular weight excluding hydrogens is 288 g/mol. The molecule has 0 aliphatic heterocycles. The summed E-state index contributed by atoms with van der Waals surface area (Å²) in [7, 11) is 0. The highest BCUT2D eigenvalue weighted by Crippen LogP contribution is 2.38. The van der Waals surface area contributed by atoms with E-state index in [1.165, 1.54) is 6.07 Å². The van der Waals surface area contributed by atoms with Crippen LogP contribution in [0.15, 0.2) is 22.7 Å². The summed E-state index contributed by atoms with van der Waals surface area (Å²) in [4.78, 5) is 10.5. The Morgan fingerprint density at radius 2 is 2.24 bits per heavy atom. The molecule has 0 unspecified atom stereocenters. The van der Waals surface area contributed by atoms with Crippen LogP contribution in [-0.2, 0) is 0 Å². The first-order valence-electron chi connectivity index (χ1n) is 5.39. The topological polar surface area (TPSA) is 75.4 Å². The number of anilines is 1. The van der Waals surface area contributed by atoms with Gasteiger partial charge in [-0.25, -0.2) is 0 Å². The monoisotopic (exact) mass is 300 g/mol. The fourth-order valence-electron chi connectivity index (χ4n) is 1.97. The summed E-state index contributed by atoms with van der Waals surface area (Å²) in [6.45, 7) is 0.000216. The number of aliphatic hydroxyl groups excluding tert-OH is 1. The molecule has 0 saturated heterocycles. The van der Waals surface area contributed by atoms with E-state index < -0.39 is 4.92 Å². The van der Waals surface area contributed by atoms with Crippen molar-refractivity contribution in [2.75, 3.05) is 11.9 Å². The zero-order chi connectivity index (χ0) is 12.5. The summed E-state index contributed by atoms with van der Waals surface area (Å²) in [5.41, 5.74) is 0.115. The quantitative estimate of drug-likeness (QED) is 0.662. The van der Waals surface area contributed by atoms with E-state index in [0.29, 0.717) is 10.2 Å². The molecule has 1 fully saturated rings. The zero-order valence-electron chi connectivity index (χ0n) is 9.15. The summed E-state index contributed by atoms with van der Waals surface area (Å²) >= 11 is 3.21. The molecule has 0 bridgehead atoms. The van der Waals surface area contributed by atoms with Gasteiger partial charge in [0.2, 0.25) is 0 Å². The third-order valence-corrected chi connectivity index (χ3v) is 3.66. The second-order valence-electron chi connectivity index (χ2n) is 4.34. The van der Waals surface area contributed by atoms with Gasteiger partial charge in [0, 0.05) is 10.5 Å². The van der Waals surface area contributed by atoms with Crippen molar-refractivity contribution in [1.82, 2.24) is 0 Å². The lowest BCUT2D eigenvalue weighted by Gasteiger charge is -2.41. The predicted molar refractivity (Wildman–Crippen MR) is 68.1 cm³/mol. The van der Waals surface area contributed by atoms with Gasteiger partial charge in [0.15, 0.2) is 0 Å². The molecule has 0 atom stereocenters. The normalized spacial score (nSPS) is 17.3. The van der Waals surface area contributed by atoms with E-state index in [-0.39, 0.29) is 17.8 Å². The first kappa shape index (κ1) is 12.3. The molecule has 1 aromatic carbocycles. The fraction of sp³-hybridized carbons (Fsp3) is 0.455. The number of hydrogen-bond donors (Lipinski definition) is 2. The number of nitro benzene ring substituents is 1. The minimum absolute atomic E-state index is 0.000216. The van der Waals surface area contributed by atoms with Gasteiger partial charge in [-0.05, 0) is 31.4 Å². The molecule has 0 radical (unpaired) electrons. The van der Waals surface area contributed by atoms with E-state index >= 15 is 0 Å². The van der Waals surface area contributed by atoms with Crippen LogP contribution < -0.4 is 5.32 Å². The third kappa shape index (κ3) is 2.42. The molecule has 2 rings (SSSR count). The van der Waals surface area contributed by atoms with Crippen molar-refractivity contribution in [2.45, 2.75) is 24.8 Å². The van der Waals surface area contributed by atoms with Gasteiger partial charge in [0.1, 0.15) is 5.69 Å². The van der Waals surface area contributed by atoms with Crippen LogP contribution in [-0.4, -0.2) is 22.2 Å². The molecule has 1 aliphatic carbocycles. The maximum Gasteiger partial charge on any atom is 0.293 e. The largest absolute Gasteiger partial charge is 0.394 e. The minimum atomic E-state index is -0.420. The van der Waals surface area contributed by atoms with E-state index in [4.69, 9.17) is 0 Å². The average molecular weight is 301 g/mol. The van der Waals surface area contributed by atoms with Gasteiger partial charge < -0.3 is 10.4 Å². The Balaban J connectivity index is 2.29. The lowest BCUT2D eigenvalue weighted by atomic mass is 9.77. The van der Waals surface area contributed by atoms with Crippen LogP contribution in [0.2, 0.25) is 0 Å². The highest BCUT2D eigenvalue weighted by molar-refractivity contribution is 9.10. The molecule has 2 N–H and O–H groups in total. The van der Waals surface area contributed by atoms with Crippen LogP contribution in [0.1, 0.15) is 19.3 Å². The Labute approximate surface area is 107 Å². The smallest absolute Gasteiger partial charge is 0.293 e. The number of benzene rings is 1. The molecule has 1 saturated carbocycles. The molecular formula is C11H13BrN2O3. The van der Waals surface area contributed by atoms with Crippen LogP contribution in [0.25, 0.3) is 0 Å². The summed E-state index contributed by atoms with van der Waals surface area (Å²) in [6, 6.07) is 4.88. The number of aliphatic hydroxyl groups is 1. The molecule has 6 heteroatoms. The highest BCUT2D eigenvalue weighted by atomic mass is 79.9. The van der Waals surface area contributed by atoms with Crippen LogP contribution >= 0.6 is 15.9 Å². The van der Waals surface area contributed by atoms with Gasteiger partial charge in [-0.1, -0.05) is 15.9 Å². The number of halogens is 1. The van der Waals surface area contributed by atoms with Gasteiger partial charge in [0.25, 0.3) is 5.69 Å². The van der Waals surface area contributed by atoms with Crippen LogP contribution in [0.4, 0.5) is 11.4 Å². The molecule has 0 aromatic heterocycles. The van der Waals surface area contributed by atoms with Crippen molar-refractivity contribution in [3.05, 3.63) is 32.8 Å². The number of hydrogen-bond acceptors (Lipinski definition) is 4. The Morgan fingerprint density at radius 3 is 2.71 bits per heavy atom. The molecule has 0 amide bonds. The van der Waals surface area contributed by atoms with Gasteiger partial charge >= 0.3 is 0 Å². The predicted octanol–water partition coefficient (Wildman–Crippen LogP) is 2.68. The summed E-state index contributed by atoms with van der Waals surface area (Å²) in [5, 5.41) is 23.4. The van der Waals surface area contributed by atoms with Crippen molar-refractivity contribution < 1.29 is 10.0 Å². The molecule has 92 valence electrons. The van der Waals surface area contributed by atoms with Gasteiger partial charge in [-0.3, -0.25) is 10.1 Å². The van der Waals surface area contributed by atoms with E-state index in [9.17, 15) is 15.2 Å². The summed E-state index contributed by atoms with van der Waals surface area (Å²) in [5.74, 6) is 0. The SMILES string of the molecule is O=[N+]([O-])c1cc(Br)ccc1NC1(CO)CCC1. The molecule has 1 aliphatic rings. The maximum atomic E-state index is 10.9. The first-order chi connectivity index (χ1) is 8.06. The maximum absolute atomic E-state index is 10.9. The van der Waals surface area contributed by atoms with Gasteiger partial charge in [-0.2, -0.15) is 0 Å². The average Bonchev–Trinajstić information content (AvgIpc) is 2.25. The minimum Gasteiger partial charge on any atom is -0.394 e. The van der Waals surface area contributed by atoms with Crippen LogP contribution in [0.5, 0.6) is 0 Å². The summed E-state index contributed by atoms with van der Waals surface area (Å²) < 4.78 is 0.668. The highest BCUT2D eigenvalue weighted by Gasteiger charge is 2.37. The number of nitrogens with zero attached hydrogens (tertiary/aromatic N) is 1. The molecule has 17 heavy (non-hydrogen) atoms. The summed E-state index contributed by atoms with van der Waals surface area (Å²) in [6.07, 6.45) is 2.73. The number of rotatable bonds is 4. The Bertz CT molecular complexity index is 441. The Hall–Kier alpha value is -1.14. The van der Waals surface area contributed by atoms with Gasteiger partial charge in [-0.15, -0.1) is 0 Å². The second-order valence-corrected chi connectivity index (χ2v) is 5.25. The van der Waals surface area contributed by atoms with E-state index in [0.717, 1.165) is 19.3 Å². The molecule has 0 spiro atoms. The van der Waals surface area contributed by atoms with Crippen LogP contribution in [0, 0.1) is 10.1 Å². The van der Waals surface area contributed by atoms with Gasteiger partial charge in [0.05, 0.1) is 17.1 Å². The van der Waals surface area contributed by atoms with Crippen molar-refractivity contribution in [3.63, 3.8) is 0 Å². The third-order valence-electron chi connectivity index (χ3n) is 3.17. The van der Waals surface area contributed by atoms with Crippen LogP contribution in [0.3, 0.4) is 0 Å². The fourth-order valence-corrected chi connectivity index (χ4v) is 2.32. The van der Waals surface area contributed by atoms with Crippen molar-refractivity contribution in [1.29, 1.82) is 0 Å². The second kappa shape index (κ2) is 4.62. The van der Waals surface area contributed by atoms with E-state index in [1.54, 1.807) is 12.1 Å². The lowest BCUT2D eigenvalue weighted by molar-refractivity contribution is -0.384. The Morgan fingerprint density at radius 1 is 1.53 bits per heavy atom. The Kier molecular flexibility index (Phi) is 3.35. The lowest BCUT2D eigenvalue weighted by Crippen LogP contribution is -2.48. The standard InChI is InChI=1S/C11H13BrN2O3/c12-8-2-3-9(10(6-8)14(16)17)13-11(7-15)4-1-5-11/h2-3,6,13,15H,1,4-5,7H2. The number of nitrogens with one attached hydrogen (secondary N) is 1. The van der Waals surface area contributed by atoms with Crippen molar-refractivity contribution in [2.24, 2.45) is 0 Å². The zero-order valence-corrected chi connectivity index (χ0v) is 10.7. The van der Waals surface area contributed by atoms with Crippen molar-refractivity contribution >= 4 is 27.3 Å². The number of nitro groups is 1. The molecule has 5 nitrogen and oxygen atoms in total. The van der Waals surface area contributed by atoms with Crippen molar-refractivity contribution in [3.8, 4) is 0 Å². The van der Waals surface area contributed by atoms with E-state index in [2.05, 4.69) is 21.2 Å². The molecule has 0 heterocycles. The first-order valence-corrected chi connectivity index (χ1v) is 6.19. The van der Waals surface area contributed by atoms with E-state index in [1.807, 2.05) is 0 Å².